The Hall–Kier alpha value is -1.14. The summed E-state index contributed by atoms with van der Waals surface area (Å²) in [5.74, 6) is 2.09. The molecule has 1 aromatic heterocycles. The minimum absolute atomic E-state index is 0.206. The van der Waals surface area contributed by atoms with Crippen LogP contribution in [0.15, 0.2) is 0 Å². The second-order valence-electron chi connectivity index (χ2n) is 4.60. The number of nitrogens with two attached hydrogens (primary N) is 1. The number of piperidine rings is 1. The highest BCUT2D eigenvalue weighted by molar-refractivity contribution is 5.30. The third kappa shape index (κ3) is 2.95. The van der Waals surface area contributed by atoms with E-state index in [4.69, 9.17) is 10.5 Å². The van der Waals surface area contributed by atoms with E-state index in [1.54, 1.807) is 0 Å². The number of aromatic nitrogens is 3. The largest absolute Gasteiger partial charge is 0.374 e. The SMILES string of the molecule is CCOCc1nc(N2CCC(C)C(N)C2)n[nH]1. The maximum Gasteiger partial charge on any atom is 0.244 e. The first-order valence-corrected chi connectivity index (χ1v) is 6.20. The van der Waals surface area contributed by atoms with E-state index in [-0.39, 0.29) is 6.04 Å². The third-order valence-corrected chi connectivity index (χ3v) is 3.26. The van der Waals surface area contributed by atoms with Gasteiger partial charge in [-0.15, -0.1) is 5.10 Å². The van der Waals surface area contributed by atoms with Crippen LogP contribution in [0, 0.1) is 5.92 Å². The highest BCUT2D eigenvalue weighted by Crippen LogP contribution is 2.19. The molecule has 2 rings (SSSR count). The quantitative estimate of drug-likeness (QED) is 0.800. The van der Waals surface area contributed by atoms with Crippen molar-refractivity contribution < 1.29 is 4.74 Å². The van der Waals surface area contributed by atoms with Crippen LogP contribution in [0.4, 0.5) is 5.95 Å². The molecule has 2 unspecified atom stereocenters. The summed E-state index contributed by atoms with van der Waals surface area (Å²) in [6.45, 7) is 7.12. The molecule has 1 saturated heterocycles. The maximum absolute atomic E-state index is 6.06. The number of hydrogen-bond donors (Lipinski definition) is 2. The summed E-state index contributed by atoms with van der Waals surface area (Å²) in [6.07, 6.45) is 1.09. The summed E-state index contributed by atoms with van der Waals surface area (Å²) in [4.78, 5) is 6.55. The molecule has 6 heteroatoms. The molecule has 6 nitrogen and oxygen atoms in total. The molecule has 0 aliphatic carbocycles. The molecule has 1 fully saturated rings. The summed E-state index contributed by atoms with van der Waals surface area (Å²) in [7, 11) is 0. The average molecular weight is 239 g/mol. The Kier molecular flexibility index (Phi) is 3.96. The van der Waals surface area contributed by atoms with Crippen LogP contribution in [0.3, 0.4) is 0 Å². The molecule has 1 aromatic rings. The van der Waals surface area contributed by atoms with Gasteiger partial charge in [0, 0.05) is 25.7 Å². The van der Waals surface area contributed by atoms with Crippen molar-refractivity contribution in [1.82, 2.24) is 15.2 Å². The predicted molar refractivity (Wildman–Crippen MR) is 65.7 cm³/mol. The van der Waals surface area contributed by atoms with Gasteiger partial charge >= 0.3 is 0 Å². The van der Waals surface area contributed by atoms with Gasteiger partial charge in [0.15, 0.2) is 5.82 Å². The minimum Gasteiger partial charge on any atom is -0.374 e. The van der Waals surface area contributed by atoms with Crippen molar-refractivity contribution in [2.75, 3.05) is 24.6 Å². The van der Waals surface area contributed by atoms with Gasteiger partial charge in [0.25, 0.3) is 0 Å². The Balaban J connectivity index is 1.95. The number of ether oxygens (including phenoxy) is 1. The Morgan fingerprint density at radius 3 is 3.12 bits per heavy atom. The lowest BCUT2D eigenvalue weighted by Crippen LogP contribution is -2.48. The topological polar surface area (TPSA) is 80.1 Å². The van der Waals surface area contributed by atoms with Crippen molar-refractivity contribution >= 4 is 5.95 Å². The molecule has 1 aliphatic rings. The number of rotatable bonds is 4. The van der Waals surface area contributed by atoms with Crippen LogP contribution >= 0.6 is 0 Å². The normalized spacial score (nSPS) is 25.2. The minimum atomic E-state index is 0.206. The Morgan fingerprint density at radius 1 is 1.59 bits per heavy atom. The number of H-pyrrole nitrogens is 1. The molecule has 2 atom stereocenters. The Labute approximate surface area is 102 Å². The van der Waals surface area contributed by atoms with Gasteiger partial charge < -0.3 is 15.4 Å². The van der Waals surface area contributed by atoms with E-state index in [9.17, 15) is 0 Å². The van der Waals surface area contributed by atoms with E-state index in [1.165, 1.54) is 0 Å². The molecule has 0 aromatic carbocycles. The Morgan fingerprint density at radius 2 is 2.41 bits per heavy atom. The average Bonchev–Trinajstić information content (AvgIpc) is 2.79. The van der Waals surface area contributed by atoms with E-state index >= 15 is 0 Å². The molecule has 2 heterocycles. The highest BCUT2D eigenvalue weighted by Gasteiger charge is 2.25. The molecule has 0 amide bonds. The first-order chi connectivity index (χ1) is 8.20. The van der Waals surface area contributed by atoms with E-state index in [0.717, 1.165) is 31.3 Å². The van der Waals surface area contributed by atoms with E-state index in [0.29, 0.717) is 19.1 Å². The van der Waals surface area contributed by atoms with Crippen LogP contribution in [-0.4, -0.2) is 40.9 Å². The summed E-state index contributed by atoms with van der Waals surface area (Å²) >= 11 is 0. The van der Waals surface area contributed by atoms with E-state index < -0.39 is 0 Å². The van der Waals surface area contributed by atoms with Gasteiger partial charge in [-0.3, -0.25) is 5.10 Å². The predicted octanol–water partition coefficient (Wildman–Crippen LogP) is 0.515. The van der Waals surface area contributed by atoms with Crippen molar-refractivity contribution in [1.29, 1.82) is 0 Å². The van der Waals surface area contributed by atoms with Gasteiger partial charge in [-0.1, -0.05) is 6.92 Å². The first-order valence-electron chi connectivity index (χ1n) is 6.20. The van der Waals surface area contributed by atoms with E-state index in [2.05, 4.69) is 27.0 Å². The first kappa shape index (κ1) is 12.3. The number of hydrogen-bond acceptors (Lipinski definition) is 5. The second-order valence-corrected chi connectivity index (χ2v) is 4.60. The zero-order valence-corrected chi connectivity index (χ0v) is 10.5. The number of nitrogens with one attached hydrogen (secondary N) is 1. The smallest absolute Gasteiger partial charge is 0.244 e. The van der Waals surface area contributed by atoms with Crippen molar-refractivity contribution in [2.24, 2.45) is 11.7 Å². The summed E-state index contributed by atoms with van der Waals surface area (Å²) in [6, 6.07) is 0.206. The molecule has 0 bridgehead atoms. The lowest BCUT2D eigenvalue weighted by Gasteiger charge is -2.34. The summed E-state index contributed by atoms with van der Waals surface area (Å²) < 4.78 is 5.28. The van der Waals surface area contributed by atoms with Crippen LogP contribution in [0.1, 0.15) is 26.1 Å². The lowest BCUT2D eigenvalue weighted by atomic mass is 9.95. The monoisotopic (exact) mass is 239 g/mol. The van der Waals surface area contributed by atoms with Crippen molar-refractivity contribution in [3.63, 3.8) is 0 Å². The second kappa shape index (κ2) is 5.46. The summed E-state index contributed by atoms with van der Waals surface area (Å²) in [5.41, 5.74) is 6.06. The molecule has 0 spiro atoms. The number of aromatic amines is 1. The number of anilines is 1. The number of nitrogens with zero attached hydrogens (tertiary/aromatic N) is 3. The van der Waals surface area contributed by atoms with Crippen LogP contribution < -0.4 is 10.6 Å². The van der Waals surface area contributed by atoms with Crippen molar-refractivity contribution in [2.45, 2.75) is 32.9 Å². The summed E-state index contributed by atoms with van der Waals surface area (Å²) in [5, 5.41) is 7.10. The van der Waals surface area contributed by atoms with E-state index in [1.807, 2.05) is 6.92 Å². The highest BCUT2D eigenvalue weighted by atomic mass is 16.5. The molecule has 3 N–H and O–H groups in total. The molecule has 96 valence electrons. The maximum atomic E-state index is 6.06. The molecule has 1 aliphatic heterocycles. The Bertz CT molecular complexity index is 353. The fraction of sp³-hybridized carbons (Fsp3) is 0.818. The van der Waals surface area contributed by atoms with Crippen LogP contribution in [0.5, 0.6) is 0 Å². The van der Waals surface area contributed by atoms with Gasteiger partial charge in [-0.25, -0.2) is 0 Å². The van der Waals surface area contributed by atoms with Crippen LogP contribution in [0.25, 0.3) is 0 Å². The van der Waals surface area contributed by atoms with Gasteiger partial charge in [0.2, 0.25) is 5.95 Å². The standard InChI is InChI=1S/C11H21N5O/c1-3-17-7-10-13-11(15-14-10)16-5-4-8(2)9(12)6-16/h8-9H,3-7,12H2,1-2H3,(H,13,14,15). The van der Waals surface area contributed by atoms with Crippen molar-refractivity contribution in [3.8, 4) is 0 Å². The van der Waals surface area contributed by atoms with Crippen LogP contribution in [0.2, 0.25) is 0 Å². The molecular formula is C11H21N5O. The lowest BCUT2D eigenvalue weighted by molar-refractivity contribution is 0.128. The van der Waals surface area contributed by atoms with Gasteiger partial charge in [0.05, 0.1) is 0 Å². The van der Waals surface area contributed by atoms with Crippen LogP contribution in [-0.2, 0) is 11.3 Å². The molecule has 0 radical (unpaired) electrons. The fourth-order valence-corrected chi connectivity index (χ4v) is 1.97. The van der Waals surface area contributed by atoms with Crippen molar-refractivity contribution in [3.05, 3.63) is 5.82 Å². The molecular weight excluding hydrogens is 218 g/mol. The zero-order chi connectivity index (χ0) is 12.3. The third-order valence-electron chi connectivity index (χ3n) is 3.26. The molecule has 0 saturated carbocycles. The molecule has 17 heavy (non-hydrogen) atoms. The van der Waals surface area contributed by atoms with Gasteiger partial charge in [-0.2, -0.15) is 4.98 Å². The van der Waals surface area contributed by atoms with Gasteiger partial charge in [0.1, 0.15) is 6.61 Å². The fourth-order valence-electron chi connectivity index (χ4n) is 1.97. The zero-order valence-electron chi connectivity index (χ0n) is 10.5. The van der Waals surface area contributed by atoms with Gasteiger partial charge in [-0.05, 0) is 19.3 Å².